The van der Waals surface area contributed by atoms with Crippen LogP contribution in [0.15, 0.2) is 164 Å². The van der Waals surface area contributed by atoms with Gasteiger partial charge in [0, 0.05) is 38.3 Å². The summed E-state index contributed by atoms with van der Waals surface area (Å²) in [5.74, 6) is 0. The van der Waals surface area contributed by atoms with Gasteiger partial charge in [0.15, 0.2) is 0 Å². The minimum absolute atomic E-state index is 1.16. The number of benzene rings is 7. The molecular weight excluding hydrogens is 532 g/mol. The zero-order valence-corrected chi connectivity index (χ0v) is 24.0. The molecule has 2 heterocycles. The third kappa shape index (κ3) is 3.96. The predicted molar refractivity (Wildman–Crippen MR) is 186 cm³/mol. The highest BCUT2D eigenvalue weighted by molar-refractivity contribution is 6.11. The Morgan fingerprint density at radius 1 is 0.318 bits per heavy atom. The molecule has 0 aliphatic rings. The molecule has 0 unspecified atom stereocenters. The van der Waals surface area contributed by atoms with Crippen LogP contribution in [-0.4, -0.2) is 9.55 Å². The van der Waals surface area contributed by atoms with Gasteiger partial charge < -0.3 is 9.55 Å². The van der Waals surface area contributed by atoms with E-state index < -0.39 is 0 Å². The number of nitrogens with one attached hydrogen (secondary N) is 1. The summed E-state index contributed by atoms with van der Waals surface area (Å²) in [6.45, 7) is 0. The summed E-state index contributed by atoms with van der Waals surface area (Å²) in [6.07, 6.45) is 0. The maximum absolute atomic E-state index is 3.55. The Morgan fingerprint density at radius 3 is 1.68 bits per heavy atom. The summed E-state index contributed by atoms with van der Waals surface area (Å²) in [6, 6.07) is 59.2. The molecule has 2 nitrogen and oxygen atoms in total. The van der Waals surface area contributed by atoms with Crippen molar-refractivity contribution in [1.82, 2.24) is 9.55 Å². The summed E-state index contributed by atoms with van der Waals surface area (Å²) in [5.41, 5.74) is 13.3. The Morgan fingerprint density at radius 2 is 0.864 bits per heavy atom. The summed E-state index contributed by atoms with van der Waals surface area (Å²) < 4.78 is 2.39. The van der Waals surface area contributed by atoms with Gasteiger partial charge in [0.25, 0.3) is 0 Å². The molecule has 206 valence electrons. The fraction of sp³-hybridized carbons (Fsp3) is 0. The Kier molecular flexibility index (Phi) is 5.54. The molecule has 0 atom stereocenters. The average Bonchev–Trinajstić information content (AvgIpc) is 3.64. The number of hydrogen-bond donors (Lipinski definition) is 1. The molecule has 2 heteroatoms. The molecule has 44 heavy (non-hydrogen) atoms. The molecule has 9 rings (SSSR count). The van der Waals surface area contributed by atoms with Crippen LogP contribution in [0.2, 0.25) is 0 Å². The Balaban J connectivity index is 1.14. The molecule has 0 fully saturated rings. The molecule has 0 amide bonds. The van der Waals surface area contributed by atoms with Gasteiger partial charge in [-0.3, -0.25) is 0 Å². The van der Waals surface area contributed by atoms with E-state index in [0.29, 0.717) is 0 Å². The number of aromatic amines is 1. The first-order chi connectivity index (χ1) is 21.8. The minimum atomic E-state index is 1.16. The molecule has 9 aromatic rings. The average molecular weight is 561 g/mol. The number of aromatic nitrogens is 2. The standard InChI is InChI=1S/C42H28N2/c1-2-9-28(10-3-1)30-11-8-12-31(25-30)29-17-21-34(22-18-29)44-41-16-7-5-14-36(41)38-27-33(20-24-42(38)44)32-19-23-40-37(26-32)35-13-4-6-15-39(35)43-40/h1-27,43H. The van der Waals surface area contributed by atoms with Gasteiger partial charge in [0.2, 0.25) is 0 Å². The fourth-order valence-corrected chi connectivity index (χ4v) is 6.77. The van der Waals surface area contributed by atoms with E-state index >= 15 is 0 Å². The van der Waals surface area contributed by atoms with Crippen LogP contribution in [0.1, 0.15) is 0 Å². The lowest BCUT2D eigenvalue weighted by Gasteiger charge is -2.11. The van der Waals surface area contributed by atoms with Gasteiger partial charge in [-0.1, -0.05) is 109 Å². The summed E-state index contributed by atoms with van der Waals surface area (Å²) in [4.78, 5) is 3.55. The second-order valence-corrected chi connectivity index (χ2v) is 11.5. The molecule has 0 saturated heterocycles. The van der Waals surface area contributed by atoms with Crippen molar-refractivity contribution in [1.29, 1.82) is 0 Å². The van der Waals surface area contributed by atoms with Crippen molar-refractivity contribution in [2.75, 3.05) is 0 Å². The maximum atomic E-state index is 3.55. The van der Waals surface area contributed by atoms with E-state index in [2.05, 4.69) is 173 Å². The molecule has 0 aliphatic carbocycles. The van der Waals surface area contributed by atoms with Crippen LogP contribution in [0.5, 0.6) is 0 Å². The molecule has 1 N–H and O–H groups in total. The lowest BCUT2D eigenvalue weighted by Crippen LogP contribution is -1.93. The summed E-state index contributed by atoms with van der Waals surface area (Å²) >= 11 is 0. The first kappa shape index (κ1) is 24.7. The lowest BCUT2D eigenvalue weighted by atomic mass is 9.99. The van der Waals surface area contributed by atoms with Crippen molar-refractivity contribution in [3.63, 3.8) is 0 Å². The molecule has 0 aliphatic heterocycles. The van der Waals surface area contributed by atoms with Crippen molar-refractivity contribution in [3.05, 3.63) is 164 Å². The third-order valence-corrected chi connectivity index (χ3v) is 8.94. The number of fused-ring (bicyclic) bond motifs is 6. The van der Waals surface area contributed by atoms with Gasteiger partial charge in [-0.15, -0.1) is 0 Å². The highest BCUT2D eigenvalue weighted by Gasteiger charge is 2.14. The quantitative estimate of drug-likeness (QED) is 0.221. The first-order valence-corrected chi connectivity index (χ1v) is 15.1. The molecular formula is C42H28N2. The minimum Gasteiger partial charge on any atom is -0.355 e. The highest BCUT2D eigenvalue weighted by Crippen LogP contribution is 2.37. The van der Waals surface area contributed by atoms with E-state index in [0.717, 1.165) is 5.69 Å². The van der Waals surface area contributed by atoms with E-state index in [9.17, 15) is 0 Å². The third-order valence-electron chi connectivity index (χ3n) is 8.94. The predicted octanol–water partition coefficient (Wildman–Crippen LogP) is 11.4. The fourth-order valence-electron chi connectivity index (χ4n) is 6.77. The number of para-hydroxylation sites is 2. The molecule has 0 saturated carbocycles. The Bertz CT molecular complexity index is 2480. The lowest BCUT2D eigenvalue weighted by molar-refractivity contribution is 1.18. The number of nitrogens with zero attached hydrogens (tertiary/aromatic N) is 1. The molecule has 7 aromatic carbocycles. The summed E-state index contributed by atoms with van der Waals surface area (Å²) in [7, 11) is 0. The largest absolute Gasteiger partial charge is 0.355 e. The van der Waals surface area contributed by atoms with Gasteiger partial charge >= 0.3 is 0 Å². The van der Waals surface area contributed by atoms with Crippen molar-refractivity contribution >= 4 is 43.6 Å². The Labute approximate surface area is 255 Å². The van der Waals surface area contributed by atoms with Crippen LogP contribution in [0, 0.1) is 0 Å². The number of rotatable bonds is 4. The van der Waals surface area contributed by atoms with E-state index in [4.69, 9.17) is 0 Å². The van der Waals surface area contributed by atoms with Crippen LogP contribution in [0.4, 0.5) is 0 Å². The van der Waals surface area contributed by atoms with E-state index in [-0.39, 0.29) is 0 Å². The summed E-state index contributed by atoms with van der Waals surface area (Å²) in [5, 5.41) is 5.04. The van der Waals surface area contributed by atoms with Gasteiger partial charge in [-0.2, -0.15) is 0 Å². The van der Waals surface area contributed by atoms with E-state index in [1.807, 2.05) is 0 Å². The SMILES string of the molecule is c1ccc(-c2cccc(-c3ccc(-n4c5ccccc5c5cc(-c6ccc7[nH]c8ccccc8c7c6)ccc54)cc3)c2)cc1. The van der Waals surface area contributed by atoms with Crippen LogP contribution in [0.3, 0.4) is 0 Å². The second kappa shape index (κ2) is 9.86. The van der Waals surface area contributed by atoms with E-state index in [1.54, 1.807) is 0 Å². The maximum Gasteiger partial charge on any atom is 0.0541 e. The molecule has 0 radical (unpaired) electrons. The molecule has 0 bridgehead atoms. The Hall–Kier alpha value is -5.86. The van der Waals surface area contributed by atoms with Crippen LogP contribution in [-0.2, 0) is 0 Å². The van der Waals surface area contributed by atoms with Gasteiger partial charge in [0.1, 0.15) is 0 Å². The van der Waals surface area contributed by atoms with Crippen LogP contribution >= 0.6 is 0 Å². The number of hydrogen-bond acceptors (Lipinski definition) is 0. The van der Waals surface area contributed by atoms with Crippen molar-refractivity contribution in [2.45, 2.75) is 0 Å². The first-order valence-electron chi connectivity index (χ1n) is 15.1. The van der Waals surface area contributed by atoms with Gasteiger partial charge in [0.05, 0.1) is 11.0 Å². The molecule has 0 spiro atoms. The highest BCUT2D eigenvalue weighted by atomic mass is 15.0. The van der Waals surface area contributed by atoms with Crippen molar-refractivity contribution < 1.29 is 0 Å². The monoisotopic (exact) mass is 560 g/mol. The number of H-pyrrole nitrogens is 1. The van der Waals surface area contributed by atoms with Gasteiger partial charge in [-0.25, -0.2) is 0 Å². The van der Waals surface area contributed by atoms with Crippen molar-refractivity contribution in [2.24, 2.45) is 0 Å². The molecule has 2 aromatic heterocycles. The topological polar surface area (TPSA) is 20.7 Å². The second-order valence-electron chi connectivity index (χ2n) is 11.5. The van der Waals surface area contributed by atoms with E-state index in [1.165, 1.54) is 77.0 Å². The zero-order chi connectivity index (χ0) is 29.0. The van der Waals surface area contributed by atoms with Crippen LogP contribution < -0.4 is 0 Å². The van der Waals surface area contributed by atoms with Crippen molar-refractivity contribution in [3.8, 4) is 39.1 Å². The van der Waals surface area contributed by atoms with Gasteiger partial charge in [-0.05, 0) is 88.0 Å². The smallest absolute Gasteiger partial charge is 0.0541 e. The normalized spacial score (nSPS) is 11.6. The van der Waals surface area contributed by atoms with Crippen LogP contribution in [0.25, 0.3) is 82.7 Å². The zero-order valence-electron chi connectivity index (χ0n) is 24.0.